The Morgan fingerprint density at radius 2 is 1.76 bits per heavy atom. The van der Waals surface area contributed by atoms with Gasteiger partial charge in [0.15, 0.2) is 5.79 Å². The van der Waals surface area contributed by atoms with Gasteiger partial charge in [-0.05, 0) is 38.1 Å². The minimum Gasteiger partial charge on any atom is -0.347 e. The van der Waals surface area contributed by atoms with E-state index in [1.54, 1.807) is 0 Å². The predicted molar refractivity (Wildman–Crippen MR) is 97.4 cm³/mol. The molecule has 0 radical (unpaired) electrons. The highest BCUT2D eigenvalue weighted by Gasteiger charge is 2.40. The predicted octanol–water partition coefficient (Wildman–Crippen LogP) is 2.90. The molecule has 0 unspecified atom stereocenters. The quantitative estimate of drug-likeness (QED) is 0.822. The number of carbonyl (C=O) groups excluding carboxylic acids is 1. The van der Waals surface area contributed by atoms with Gasteiger partial charge < -0.3 is 14.4 Å². The number of carbonyl (C=O) groups is 1. The largest absolute Gasteiger partial charge is 0.347 e. The van der Waals surface area contributed by atoms with Crippen LogP contribution in [0.1, 0.15) is 49.5 Å². The van der Waals surface area contributed by atoms with E-state index in [-0.39, 0.29) is 5.91 Å². The number of rotatable bonds is 5. The van der Waals surface area contributed by atoms with E-state index in [9.17, 15) is 4.79 Å². The number of nitrogens with zero attached hydrogens (tertiary/aromatic N) is 2. The van der Waals surface area contributed by atoms with Crippen molar-refractivity contribution < 1.29 is 14.3 Å². The van der Waals surface area contributed by atoms with Crippen LogP contribution in [0.2, 0.25) is 0 Å². The van der Waals surface area contributed by atoms with Crippen molar-refractivity contribution in [3.63, 3.8) is 0 Å². The van der Waals surface area contributed by atoms with E-state index in [4.69, 9.17) is 9.47 Å². The van der Waals surface area contributed by atoms with Crippen LogP contribution in [-0.4, -0.2) is 60.4 Å². The second-order valence-electron chi connectivity index (χ2n) is 7.25. The smallest absolute Gasteiger partial charge is 0.253 e. The molecule has 2 aliphatic heterocycles. The molecule has 5 nitrogen and oxygen atoms in total. The SMILES string of the molecule is CCN(Cc1ccc(C(=O)N2CCC3(CC2)OCCO3)cc1)C(C)C. The zero-order chi connectivity index (χ0) is 17.9. The molecule has 2 fully saturated rings. The Morgan fingerprint density at radius 3 is 2.28 bits per heavy atom. The second kappa shape index (κ2) is 7.85. The van der Waals surface area contributed by atoms with Crippen LogP contribution < -0.4 is 0 Å². The van der Waals surface area contributed by atoms with Crippen LogP contribution in [0.4, 0.5) is 0 Å². The molecule has 2 aliphatic rings. The molecule has 0 saturated carbocycles. The number of hydrogen-bond donors (Lipinski definition) is 0. The fourth-order valence-electron chi connectivity index (χ4n) is 3.67. The molecule has 138 valence electrons. The molecular formula is C20H30N2O3. The highest BCUT2D eigenvalue weighted by Crippen LogP contribution is 2.31. The second-order valence-corrected chi connectivity index (χ2v) is 7.25. The molecule has 0 N–H and O–H groups in total. The average Bonchev–Trinajstić information content (AvgIpc) is 3.08. The van der Waals surface area contributed by atoms with Gasteiger partial charge in [-0.1, -0.05) is 19.1 Å². The third-order valence-electron chi connectivity index (χ3n) is 5.35. The monoisotopic (exact) mass is 346 g/mol. The van der Waals surface area contributed by atoms with Gasteiger partial charge in [0.1, 0.15) is 0 Å². The third-order valence-corrected chi connectivity index (χ3v) is 5.35. The summed E-state index contributed by atoms with van der Waals surface area (Å²) in [6.07, 6.45) is 1.52. The van der Waals surface area contributed by atoms with Crippen LogP contribution in [0.15, 0.2) is 24.3 Å². The Morgan fingerprint density at radius 1 is 1.16 bits per heavy atom. The standard InChI is InChI=1S/C20H30N2O3/c1-4-21(16(2)3)15-17-5-7-18(8-6-17)19(23)22-11-9-20(10-12-22)24-13-14-25-20/h5-8,16H,4,9-15H2,1-3H3. The summed E-state index contributed by atoms with van der Waals surface area (Å²) in [5.74, 6) is -0.322. The fourth-order valence-corrected chi connectivity index (χ4v) is 3.67. The lowest BCUT2D eigenvalue weighted by Crippen LogP contribution is -2.47. The summed E-state index contributed by atoms with van der Waals surface area (Å²) >= 11 is 0. The molecule has 25 heavy (non-hydrogen) atoms. The van der Waals surface area contributed by atoms with Crippen LogP contribution in [0.5, 0.6) is 0 Å². The van der Waals surface area contributed by atoms with Gasteiger partial charge in [0.05, 0.1) is 13.2 Å². The van der Waals surface area contributed by atoms with Gasteiger partial charge in [-0.2, -0.15) is 0 Å². The van der Waals surface area contributed by atoms with E-state index < -0.39 is 5.79 Å². The lowest BCUT2D eigenvalue weighted by Gasteiger charge is -2.37. The van der Waals surface area contributed by atoms with Crippen LogP contribution in [0.3, 0.4) is 0 Å². The molecular weight excluding hydrogens is 316 g/mol. The first-order chi connectivity index (χ1) is 12.0. The lowest BCUT2D eigenvalue weighted by molar-refractivity contribution is -0.181. The Kier molecular flexibility index (Phi) is 5.77. The molecule has 0 aromatic heterocycles. The maximum absolute atomic E-state index is 12.7. The number of benzene rings is 1. The summed E-state index contributed by atoms with van der Waals surface area (Å²) in [6, 6.07) is 8.59. The molecule has 3 rings (SSSR count). The highest BCUT2D eigenvalue weighted by molar-refractivity contribution is 5.94. The van der Waals surface area contributed by atoms with Crippen molar-refractivity contribution in [3.05, 3.63) is 35.4 Å². The van der Waals surface area contributed by atoms with Crippen molar-refractivity contribution in [1.82, 2.24) is 9.80 Å². The van der Waals surface area contributed by atoms with Crippen molar-refractivity contribution >= 4 is 5.91 Å². The van der Waals surface area contributed by atoms with Crippen molar-refractivity contribution in [2.24, 2.45) is 0 Å². The van der Waals surface area contributed by atoms with Gasteiger partial charge in [-0.3, -0.25) is 9.69 Å². The van der Waals surface area contributed by atoms with Gasteiger partial charge in [-0.25, -0.2) is 0 Å². The molecule has 1 aromatic carbocycles. The average molecular weight is 346 g/mol. The van der Waals surface area contributed by atoms with Crippen LogP contribution in [-0.2, 0) is 16.0 Å². The third kappa shape index (κ3) is 4.22. The van der Waals surface area contributed by atoms with E-state index in [1.165, 1.54) is 5.56 Å². The first-order valence-corrected chi connectivity index (χ1v) is 9.43. The number of hydrogen-bond acceptors (Lipinski definition) is 4. The highest BCUT2D eigenvalue weighted by atomic mass is 16.7. The minimum atomic E-state index is -0.429. The van der Waals surface area contributed by atoms with Crippen molar-refractivity contribution in [3.8, 4) is 0 Å². The zero-order valence-corrected chi connectivity index (χ0v) is 15.7. The summed E-state index contributed by atoms with van der Waals surface area (Å²) in [5, 5.41) is 0. The minimum absolute atomic E-state index is 0.107. The van der Waals surface area contributed by atoms with Gasteiger partial charge in [-0.15, -0.1) is 0 Å². The normalized spacial score (nSPS) is 20.0. The molecule has 2 saturated heterocycles. The van der Waals surface area contributed by atoms with Crippen molar-refractivity contribution in [2.45, 2.75) is 52.0 Å². The number of likely N-dealkylation sites (tertiary alicyclic amines) is 1. The Bertz CT molecular complexity index is 569. The summed E-state index contributed by atoms with van der Waals surface area (Å²) < 4.78 is 11.5. The first kappa shape index (κ1) is 18.4. The Labute approximate surface area is 150 Å². The molecule has 0 bridgehead atoms. The molecule has 0 aliphatic carbocycles. The van der Waals surface area contributed by atoms with E-state index >= 15 is 0 Å². The fraction of sp³-hybridized carbons (Fsp3) is 0.650. The molecule has 0 atom stereocenters. The number of ether oxygens (including phenoxy) is 2. The van der Waals surface area contributed by atoms with Crippen LogP contribution >= 0.6 is 0 Å². The molecule has 2 heterocycles. The van der Waals surface area contributed by atoms with E-state index in [0.29, 0.717) is 32.3 Å². The van der Waals surface area contributed by atoms with Gasteiger partial charge in [0.2, 0.25) is 0 Å². The topological polar surface area (TPSA) is 42.0 Å². The van der Waals surface area contributed by atoms with Crippen molar-refractivity contribution in [1.29, 1.82) is 0 Å². The Hall–Kier alpha value is -1.43. The van der Waals surface area contributed by atoms with Crippen LogP contribution in [0.25, 0.3) is 0 Å². The first-order valence-electron chi connectivity index (χ1n) is 9.43. The maximum atomic E-state index is 12.7. The van der Waals surface area contributed by atoms with Gasteiger partial charge in [0.25, 0.3) is 5.91 Å². The number of amides is 1. The van der Waals surface area contributed by atoms with Gasteiger partial charge in [0, 0.05) is 44.1 Å². The summed E-state index contributed by atoms with van der Waals surface area (Å²) in [6.45, 7) is 11.3. The summed E-state index contributed by atoms with van der Waals surface area (Å²) in [5.41, 5.74) is 2.01. The summed E-state index contributed by atoms with van der Waals surface area (Å²) in [4.78, 5) is 17.1. The Balaban J connectivity index is 1.57. The number of piperidine rings is 1. The summed E-state index contributed by atoms with van der Waals surface area (Å²) in [7, 11) is 0. The zero-order valence-electron chi connectivity index (χ0n) is 15.7. The van der Waals surface area contributed by atoms with Gasteiger partial charge >= 0.3 is 0 Å². The molecule has 1 spiro atoms. The molecule has 1 amide bonds. The molecule has 1 aromatic rings. The molecule has 5 heteroatoms. The van der Waals surface area contributed by atoms with E-state index in [2.05, 4.69) is 37.8 Å². The lowest BCUT2D eigenvalue weighted by atomic mass is 10.0. The van der Waals surface area contributed by atoms with E-state index in [0.717, 1.165) is 31.5 Å². The van der Waals surface area contributed by atoms with Crippen LogP contribution in [0, 0.1) is 0 Å². The van der Waals surface area contributed by atoms with Crippen molar-refractivity contribution in [2.75, 3.05) is 32.8 Å². The van der Waals surface area contributed by atoms with E-state index in [1.807, 2.05) is 17.0 Å². The maximum Gasteiger partial charge on any atom is 0.253 e.